The van der Waals surface area contributed by atoms with Crippen LogP contribution in [0.2, 0.25) is 0 Å². The summed E-state index contributed by atoms with van der Waals surface area (Å²) in [6.45, 7) is 6.20. The second-order valence-corrected chi connectivity index (χ2v) is 5.62. The van der Waals surface area contributed by atoms with Gasteiger partial charge in [-0.25, -0.2) is 0 Å². The van der Waals surface area contributed by atoms with Gasteiger partial charge in [-0.15, -0.1) is 0 Å². The van der Waals surface area contributed by atoms with Crippen LogP contribution in [0.1, 0.15) is 42.4 Å². The molecule has 2 heteroatoms. The normalized spacial score (nSPS) is 12.0. The van der Waals surface area contributed by atoms with Gasteiger partial charge in [-0.2, -0.15) is 0 Å². The number of benzene rings is 2. The first-order valence-electron chi connectivity index (χ1n) is 7.54. The highest BCUT2D eigenvalue weighted by Gasteiger charge is 2.19. The van der Waals surface area contributed by atoms with E-state index < -0.39 is 0 Å². The molecule has 0 fully saturated rings. The smallest absolute Gasteiger partial charge is 0.231 e. The molecule has 2 aromatic carbocycles. The molecule has 0 heterocycles. The van der Waals surface area contributed by atoms with Crippen molar-refractivity contribution >= 4 is 11.6 Å². The topological polar surface area (TPSA) is 29.1 Å². The Balaban J connectivity index is 2.19. The molecule has 1 atom stereocenters. The van der Waals surface area contributed by atoms with Crippen LogP contribution in [0.5, 0.6) is 0 Å². The molecule has 21 heavy (non-hydrogen) atoms. The predicted octanol–water partition coefficient (Wildman–Crippen LogP) is 4.83. The fourth-order valence-corrected chi connectivity index (χ4v) is 2.70. The summed E-state index contributed by atoms with van der Waals surface area (Å²) >= 11 is 0. The fraction of sp³-hybridized carbons (Fsp3) is 0.316. The van der Waals surface area contributed by atoms with Gasteiger partial charge in [0.2, 0.25) is 5.91 Å². The van der Waals surface area contributed by atoms with Gasteiger partial charge in [0.05, 0.1) is 5.92 Å². The molecule has 0 saturated carbocycles. The van der Waals surface area contributed by atoms with Crippen molar-refractivity contribution in [3.05, 3.63) is 65.2 Å². The third-order valence-corrected chi connectivity index (χ3v) is 3.59. The maximum absolute atomic E-state index is 12.6. The number of hydrogen-bond acceptors (Lipinski definition) is 1. The minimum atomic E-state index is -0.0861. The van der Waals surface area contributed by atoms with Crippen molar-refractivity contribution in [1.82, 2.24) is 0 Å². The van der Waals surface area contributed by atoms with Crippen LogP contribution in [-0.4, -0.2) is 5.91 Å². The summed E-state index contributed by atoms with van der Waals surface area (Å²) in [5.74, 6) is -0.00920. The number of amides is 1. The summed E-state index contributed by atoms with van der Waals surface area (Å²) in [6.07, 6.45) is 1.85. The van der Waals surface area contributed by atoms with Crippen molar-refractivity contribution in [2.45, 2.75) is 39.5 Å². The van der Waals surface area contributed by atoms with Crippen LogP contribution in [0.15, 0.2) is 48.5 Å². The molecule has 0 aromatic heterocycles. The Morgan fingerprint density at radius 1 is 1.05 bits per heavy atom. The average molecular weight is 281 g/mol. The van der Waals surface area contributed by atoms with Crippen LogP contribution in [0.3, 0.4) is 0 Å². The van der Waals surface area contributed by atoms with E-state index in [1.807, 2.05) is 56.3 Å². The minimum Gasteiger partial charge on any atom is -0.326 e. The van der Waals surface area contributed by atoms with Gasteiger partial charge in [0.1, 0.15) is 0 Å². The second kappa shape index (κ2) is 7.07. The number of hydrogen-bond donors (Lipinski definition) is 1. The van der Waals surface area contributed by atoms with Gasteiger partial charge in [0.25, 0.3) is 0 Å². The number of rotatable bonds is 5. The Morgan fingerprint density at radius 2 is 1.67 bits per heavy atom. The van der Waals surface area contributed by atoms with Crippen molar-refractivity contribution in [2.24, 2.45) is 0 Å². The first kappa shape index (κ1) is 15.3. The second-order valence-electron chi connectivity index (χ2n) is 5.62. The molecule has 0 aliphatic carbocycles. The lowest BCUT2D eigenvalue weighted by atomic mass is 9.93. The number of aryl methyl sites for hydroxylation is 2. The van der Waals surface area contributed by atoms with E-state index in [1.54, 1.807) is 0 Å². The number of carbonyl (C=O) groups is 1. The number of nitrogens with one attached hydrogen (secondary N) is 1. The average Bonchev–Trinajstić information content (AvgIpc) is 2.44. The van der Waals surface area contributed by atoms with E-state index in [1.165, 1.54) is 0 Å². The van der Waals surface area contributed by atoms with E-state index in [9.17, 15) is 4.79 Å². The molecule has 2 nitrogen and oxygen atoms in total. The zero-order valence-corrected chi connectivity index (χ0v) is 13.0. The molecule has 0 radical (unpaired) electrons. The molecular weight excluding hydrogens is 258 g/mol. The molecule has 0 spiro atoms. The van der Waals surface area contributed by atoms with Gasteiger partial charge < -0.3 is 5.32 Å². The first-order valence-corrected chi connectivity index (χ1v) is 7.54. The summed E-state index contributed by atoms with van der Waals surface area (Å²) in [5.41, 5.74) is 4.30. The largest absolute Gasteiger partial charge is 0.326 e. The van der Waals surface area contributed by atoms with Gasteiger partial charge in [-0.1, -0.05) is 49.7 Å². The van der Waals surface area contributed by atoms with Crippen LogP contribution >= 0.6 is 0 Å². The molecule has 2 rings (SSSR count). The summed E-state index contributed by atoms with van der Waals surface area (Å²) < 4.78 is 0. The molecular formula is C19H23NO. The van der Waals surface area contributed by atoms with Crippen molar-refractivity contribution in [1.29, 1.82) is 0 Å². The van der Waals surface area contributed by atoms with Crippen molar-refractivity contribution in [3.63, 3.8) is 0 Å². The maximum Gasteiger partial charge on any atom is 0.231 e. The highest BCUT2D eigenvalue weighted by Crippen LogP contribution is 2.24. The molecule has 0 aliphatic heterocycles. The molecule has 110 valence electrons. The molecule has 1 amide bonds. The van der Waals surface area contributed by atoms with E-state index in [2.05, 4.69) is 18.3 Å². The standard InChI is InChI=1S/C19H23NO/c1-4-8-18(16-9-6-5-7-10-16)19(21)20-17-12-14(2)11-15(3)13-17/h5-7,9-13,18H,4,8H2,1-3H3,(H,20,21)/t18-/m1/s1. The summed E-state index contributed by atoms with van der Waals surface area (Å²) in [4.78, 5) is 12.6. The Kier molecular flexibility index (Phi) is 5.15. The lowest BCUT2D eigenvalue weighted by Gasteiger charge is -2.17. The molecule has 2 aromatic rings. The van der Waals surface area contributed by atoms with E-state index in [4.69, 9.17) is 0 Å². The van der Waals surface area contributed by atoms with Crippen molar-refractivity contribution < 1.29 is 4.79 Å². The molecule has 0 unspecified atom stereocenters. The van der Waals surface area contributed by atoms with Crippen LogP contribution in [0, 0.1) is 13.8 Å². The van der Waals surface area contributed by atoms with Gasteiger partial charge >= 0.3 is 0 Å². The van der Waals surface area contributed by atoms with Crippen molar-refractivity contribution in [3.8, 4) is 0 Å². The lowest BCUT2D eigenvalue weighted by Crippen LogP contribution is -2.21. The van der Waals surface area contributed by atoms with E-state index in [0.29, 0.717) is 0 Å². The molecule has 1 N–H and O–H groups in total. The lowest BCUT2D eigenvalue weighted by molar-refractivity contribution is -0.117. The number of carbonyl (C=O) groups excluding carboxylic acids is 1. The van der Waals surface area contributed by atoms with Crippen molar-refractivity contribution in [2.75, 3.05) is 5.32 Å². The Morgan fingerprint density at radius 3 is 2.24 bits per heavy atom. The van der Waals surface area contributed by atoms with Gasteiger partial charge in [-0.3, -0.25) is 4.79 Å². The SMILES string of the molecule is CCC[C@@H](C(=O)Nc1cc(C)cc(C)c1)c1ccccc1. The van der Waals surface area contributed by atoms with Crippen LogP contribution in [-0.2, 0) is 4.79 Å². The van der Waals surface area contributed by atoms with Crippen LogP contribution in [0.25, 0.3) is 0 Å². The third kappa shape index (κ3) is 4.19. The van der Waals surface area contributed by atoms with Gasteiger partial charge in [0.15, 0.2) is 0 Å². The van der Waals surface area contributed by atoms with E-state index >= 15 is 0 Å². The summed E-state index contributed by atoms with van der Waals surface area (Å²) in [5, 5.41) is 3.07. The summed E-state index contributed by atoms with van der Waals surface area (Å²) in [7, 11) is 0. The quantitative estimate of drug-likeness (QED) is 0.836. The highest BCUT2D eigenvalue weighted by atomic mass is 16.1. The Labute approximate surface area is 127 Å². The molecule has 0 aliphatic rings. The minimum absolute atomic E-state index is 0.0769. The number of anilines is 1. The van der Waals surface area contributed by atoms with E-state index in [0.717, 1.165) is 35.2 Å². The third-order valence-electron chi connectivity index (χ3n) is 3.59. The van der Waals surface area contributed by atoms with Crippen LogP contribution < -0.4 is 5.32 Å². The predicted molar refractivity (Wildman–Crippen MR) is 88.6 cm³/mol. The fourth-order valence-electron chi connectivity index (χ4n) is 2.70. The highest BCUT2D eigenvalue weighted by molar-refractivity contribution is 5.96. The molecule has 0 bridgehead atoms. The van der Waals surface area contributed by atoms with Gasteiger partial charge in [-0.05, 0) is 49.1 Å². The summed E-state index contributed by atoms with van der Waals surface area (Å²) in [6, 6.07) is 16.1. The Hall–Kier alpha value is -2.09. The maximum atomic E-state index is 12.6. The monoisotopic (exact) mass is 281 g/mol. The molecule has 0 saturated heterocycles. The first-order chi connectivity index (χ1) is 10.1. The zero-order valence-electron chi connectivity index (χ0n) is 13.0. The van der Waals surface area contributed by atoms with Crippen LogP contribution in [0.4, 0.5) is 5.69 Å². The van der Waals surface area contributed by atoms with Gasteiger partial charge in [0, 0.05) is 5.69 Å². The van der Waals surface area contributed by atoms with E-state index in [-0.39, 0.29) is 11.8 Å². The zero-order chi connectivity index (χ0) is 15.2. The Bertz CT molecular complexity index is 584.